The normalized spacial score (nSPS) is 10.6. The molecule has 0 fully saturated rings. The van der Waals surface area contributed by atoms with Gasteiger partial charge < -0.3 is 9.15 Å². The number of rotatable bonds is 2. The van der Waals surface area contributed by atoms with Gasteiger partial charge in [0.2, 0.25) is 0 Å². The number of hydrogen-bond acceptors (Lipinski definition) is 3. The van der Waals surface area contributed by atoms with Crippen LogP contribution in [0, 0.1) is 0 Å². The van der Waals surface area contributed by atoms with E-state index in [4.69, 9.17) is 20.8 Å². The van der Waals surface area contributed by atoms with Crippen LogP contribution in [0.5, 0.6) is 11.5 Å². The fraction of sp³-hybridized carbons (Fsp3) is 0. The molecular weight excluding hydrogens is 238 g/mol. The Bertz CT molecular complexity index is 649. The summed E-state index contributed by atoms with van der Waals surface area (Å²) in [6.07, 6.45) is 0. The van der Waals surface area contributed by atoms with Crippen LogP contribution in [0.4, 0.5) is 0 Å². The summed E-state index contributed by atoms with van der Waals surface area (Å²) >= 11 is 5.68. The number of fused-ring (bicyclic) bond motifs is 1. The first kappa shape index (κ1) is 10.2. The first-order valence-electron chi connectivity index (χ1n) is 5.10. The molecule has 0 radical (unpaired) electrons. The molecule has 0 unspecified atom stereocenters. The van der Waals surface area contributed by atoms with Crippen LogP contribution in [-0.2, 0) is 0 Å². The van der Waals surface area contributed by atoms with Gasteiger partial charge in [-0.2, -0.15) is 4.98 Å². The van der Waals surface area contributed by atoms with Crippen LogP contribution in [0.2, 0.25) is 5.35 Å². The van der Waals surface area contributed by atoms with Gasteiger partial charge in [0, 0.05) is 6.07 Å². The summed E-state index contributed by atoms with van der Waals surface area (Å²) in [5.41, 5.74) is 1.33. The first-order chi connectivity index (χ1) is 8.31. The number of nitrogens with zero attached hydrogens (tertiary/aromatic N) is 1. The fourth-order valence-electron chi connectivity index (χ4n) is 1.57. The zero-order chi connectivity index (χ0) is 11.7. The second kappa shape index (κ2) is 4.11. The van der Waals surface area contributed by atoms with Gasteiger partial charge in [0.15, 0.2) is 5.58 Å². The van der Waals surface area contributed by atoms with Crippen molar-refractivity contribution in [2.75, 3.05) is 0 Å². The first-order valence-corrected chi connectivity index (χ1v) is 5.48. The summed E-state index contributed by atoms with van der Waals surface area (Å²) in [7, 11) is 0. The summed E-state index contributed by atoms with van der Waals surface area (Å²) in [5, 5.41) is 0.136. The number of aromatic nitrogens is 1. The Kier molecular flexibility index (Phi) is 2.46. The standard InChI is InChI=1S/C13H8ClNO2/c14-13-15-11-8-10(6-7-12(11)17-13)16-9-4-2-1-3-5-9/h1-8H. The molecule has 0 saturated carbocycles. The molecule has 0 spiro atoms. The van der Waals surface area contributed by atoms with E-state index in [-0.39, 0.29) is 5.35 Å². The van der Waals surface area contributed by atoms with Crippen molar-refractivity contribution in [2.45, 2.75) is 0 Å². The van der Waals surface area contributed by atoms with Crippen LogP contribution < -0.4 is 4.74 Å². The Labute approximate surface area is 103 Å². The molecule has 0 aliphatic heterocycles. The monoisotopic (exact) mass is 245 g/mol. The number of hydrogen-bond donors (Lipinski definition) is 0. The maximum atomic E-state index is 5.68. The molecule has 0 N–H and O–H groups in total. The minimum atomic E-state index is 0.136. The topological polar surface area (TPSA) is 35.3 Å². The van der Waals surface area contributed by atoms with Crippen molar-refractivity contribution in [3.63, 3.8) is 0 Å². The van der Waals surface area contributed by atoms with Crippen LogP contribution in [0.25, 0.3) is 11.1 Å². The van der Waals surface area contributed by atoms with Gasteiger partial charge in [-0.3, -0.25) is 0 Å². The third kappa shape index (κ3) is 2.10. The van der Waals surface area contributed by atoms with Gasteiger partial charge >= 0.3 is 0 Å². The van der Waals surface area contributed by atoms with Gasteiger partial charge in [0.25, 0.3) is 5.35 Å². The second-order valence-corrected chi connectivity index (χ2v) is 3.83. The lowest BCUT2D eigenvalue weighted by molar-refractivity contribution is 0.483. The molecule has 0 atom stereocenters. The minimum absolute atomic E-state index is 0.136. The van der Waals surface area contributed by atoms with Crippen molar-refractivity contribution in [1.82, 2.24) is 4.98 Å². The van der Waals surface area contributed by atoms with Crippen molar-refractivity contribution in [3.8, 4) is 11.5 Å². The maximum Gasteiger partial charge on any atom is 0.293 e. The lowest BCUT2D eigenvalue weighted by Crippen LogP contribution is -1.82. The Balaban J connectivity index is 1.95. The van der Waals surface area contributed by atoms with Crippen molar-refractivity contribution in [1.29, 1.82) is 0 Å². The molecule has 17 heavy (non-hydrogen) atoms. The Hall–Kier alpha value is -2.00. The van der Waals surface area contributed by atoms with E-state index in [1.807, 2.05) is 36.4 Å². The lowest BCUT2D eigenvalue weighted by atomic mass is 10.3. The molecule has 0 bridgehead atoms. The molecule has 3 nitrogen and oxygen atoms in total. The number of benzene rings is 2. The predicted molar refractivity (Wildman–Crippen MR) is 65.5 cm³/mol. The zero-order valence-electron chi connectivity index (χ0n) is 8.76. The van der Waals surface area contributed by atoms with Gasteiger partial charge in [-0.05, 0) is 35.9 Å². The average Bonchev–Trinajstić information content (AvgIpc) is 2.70. The molecule has 0 aliphatic rings. The highest BCUT2D eigenvalue weighted by molar-refractivity contribution is 6.28. The second-order valence-electron chi connectivity index (χ2n) is 3.51. The SMILES string of the molecule is Clc1nc2cc(Oc3ccccc3)ccc2o1. The molecule has 3 rings (SSSR count). The van der Waals surface area contributed by atoms with Crippen molar-refractivity contribution >= 4 is 22.7 Å². The highest BCUT2D eigenvalue weighted by atomic mass is 35.5. The van der Waals surface area contributed by atoms with Crippen LogP contribution >= 0.6 is 11.6 Å². The largest absolute Gasteiger partial charge is 0.457 e. The van der Waals surface area contributed by atoms with Crippen molar-refractivity contribution in [3.05, 3.63) is 53.9 Å². The number of para-hydroxylation sites is 1. The predicted octanol–water partition coefficient (Wildman–Crippen LogP) is 4.27. The van der Waals surface area contributed by atoms with Crippen LogP contribution in [0.3, 0.4) is 0 Å². The third-order valence-electron chi connectivity index (χ3n) is 2.31. The summed E-state index contributed by atoms with van der Waals surface area (Å²) in [6.45, 7) is 0. The van der Waals surface area contributed by atoms with Crippen LogP contribution in [-0.4, -0.2) is 4.98 Å². The number of halogens is 1. The summed E-state index contributed by atoms with van der Waals surface area (Å²) in [5.74, 6) is 1.48. The maximum absolute atomic E-state index is 5.68. The van der Waals surface area contributed by atoms with E-state index in [0.717, 1.165) is 5.75 Å². The molecular formula is C13H8ClNO2. The van der Waals surface area contributed by atoms with E-state index in [1.54, 1.807) is 12.1 Å². The van der Waals surface area contributed by atoms with Gasteiger partial charge in [0.1, 0.15) is 17.0 Å². The Morgan fingerprint density at radius 1 is 1.00 bits per heavy atom. The third-order valence-corrected chi connectivity index (χ3v) is 2.47. The molecule has 0 aliphatic carbocycles. The van der Waals surface area contributed by atoms with Gasteiger partial charge in [0.05, 0.1) is 0 Å². The molecule has 3 aromatic rings. The molecule has 84 valence electrons. The lowest BCUT2D eigenvalue weighted by Gasteiger charge is -2.04. The number of oxazole rings is 1. The fourth-order valence-corrected chi connectivity index (χ4v) is 1.74. The van der Waals surface area contributed by atoms with Crippen LogP contribution in [0.15, 0.2) is 52.9 Å². The van der Waals surface area contributed by atoms with E-state index in [0.29, 0.717) is 16.8 Å². The quantitative estimate of drug-likeness (QED) is 0.676. The highest BCUT2D eigenvalue weighted by Crippen LogP contribution is 2.26. The summed E-state index contributed by atoms with van der Waals surface area (Å²) in [6, 6.07) is 14.9. The van der Waals surface area contributed by atoms with Crippen molar-refractivity contribution < 1.29 is 9.15 Å². The summed E-state index contributed by atoms with van der Waals surface area (Å²) in [4.78, 5) is 4.03. The average molecular weight is 246 g/mol. The molecule has 0 saturated heterocycles. The molecule has 0 amide bonds. The molecule has 2 aromatic carbocycles. The zero-order valence-corrected chi connectivity index (χ0v) is 9.52. The van der Waals surface area contributed by atoms with Gasteiger partial charge in [-0.25, -0.2) is 0 Å². The smallest absolute Gasteiger partial charge is 0.293 e. The minimum Gasteiger partial charge on any atom is -0.457 e. The van der Waals surface area contributed by atoms with E-state index in [2.05, 4.69) is 4.98 Å². The molecule has 1 aromatic heterocycles. The van der Waals surface area contributed by atoms with Crippen LogP contribution in [0.1, 0.15) is 0 Å². The van der Waals surface area contributed by atoms with E-state index in [9.17, 15) is 0 Å². The van der Waals surface area contributed by atoms with Crippen molar-refractivity contribution in [2.24, 2.45) is 0 Å². The number of ether oxygens (including phenoxy) is 1. The van der Waals surface area contributed by atoms with Gasteiger partial charge in [-0.15, -0.1) is 0 Å². The van der Waals surface area contributed by atoms with Gasteiger partial charge in [-0.1, -0.05) is 18.2 Å². The Morgan fingerprint density at radius 3 is 2.65 bits per heavy atom. The Morgan fingerprint density at radius 2 is 1.82 bits per heavy atom. The van der Waals surface area contributed by atoms with E-state index >= 15 is 0 Å². The molecule has 1 heterocycles. The summed E-state index contributed by atoms with van der Waals surface area (Å²) < 4.78 is 10.8. The van der Waals surface area contributed by atoms with E-state index < -0.39 is 0 Å². The molecule has 4 heteroatoms. The highest BCUT2D eigenvalue weighted by Gasteiger charge is 2.05. The van der Waals surface area contributed by atoms with E-state index in [1.165, 1.54) is 0 Å².